The van der Waals surface area contributed by atoms with Crippen LogP contribution in [0.1, 0.15) is 19.8 Å². The molecule has 0 spiro atoms. The Bertz CT molecular complexity index is 523. The fourth-order valence-electron chi connectivity index (χ4n) is 3.82. The largest absolute Gasteiger partial charge is 0.480 e. The van der Waals surface area contributed by atoms with E-state index < -0.39 is 5.97 Å². The van der Waals surface area contributed by atoms with E-state index in [0.29, 0.717) is 6.54 Å². The van der Waals surface area contributed by atoms with Crippen molar-refractivity contribution in [2.45, 2.75) is 19.8 Å². The SMILES string of the molecule is CCCCNCCNCCNCCNCCNCCNCCNCCNCCNCCNCCNCCNCC(=O)O. The summed E-state index contributed by atoms with van der Waals surface area (Å²) in [5.41, 5.74) is 0. The number of carboxylic acids is 1. The van der Waals surface area contributed by atoms with Crippen LogP contribution in [0, 0.1) is 0 Å². The summed E-state index contributed by atoms with van der Waals surface area (Å²) >= 11 is 0. The third-order valence-electron chi connectivity index (χ3n) is 6.25. The molecule has 0 amide bonds. The van der Waals surface area contributed by atoms with E-state index in [9.17, 15) is 4.79 Å². The fourth-order valence-corrected chi connectivity index (χ4v) is 3.82. The van der Waals surface area contributed by atoms with Crippen LogP contribution in [-0.4, -0.2) is 168 Å². The topological polar surface area (TPSA) is 182 Å². The zero-order valence-electron chi connectivity index (χ0n) is 26.7. The monoisotopic (exact) mass is 605 g/mol. The fraction of sp³-hybridized carbons (Fsp3) is 0.964. The van der Waals surface area contributed by atoms with Gasteiger partial charge in [0.05, 0.1) is 6.54 Å². The molecule has 0 fully saturated rings. The summed E-state index contributed by atoms with van der Waals surface area (Å²) in [4.78, 5) is 10.4. The molecule has 0 aliphatic rings. The lowest BCUT2D eigenvalue weighted by molar-refractivity contribution is -0.135. The molecule has 0 rings (SSSR count). The van der Waals surface area contributed by atoms with Crippen molar-refractivity contribution in [3.63, 3.8) is 0 Å². The quantitative estimate of drug-likeness (QED) is 0.0306. The maximum Gasteiger partial charge on any atom is 0.317 e. The smallest absolute Gasteiger partial charge is 0.317 e. The van der Waals surface area contributed by atoms with Gasteiger partial charge in [0.2, 0.25) is 0 Å². The van der Waals surface area contributed by atoms with Crippen molar-refractivity contribution < 1.29 is 9.90 Å². The van der Waals surface area contributed by atoms with Crippen LogP contribution in [0.15, 0.2) is 0 Å². The van der Waals surface area contributed by atoms with E-state index in [1.807, 2.05) is 0 Å². The number of carbonyl (C=O) groups is 1. The van der Waals surface area contributed by atoms with Gasteiger partial charge in [-0.15, -0.1) is 0 Å². The normalized spacial score (nSPS) is 11.5. The molecule has 13 N–H and O–H groups in total. The standard InChI is InChI=1S/C28H68N12O2/c1-2-3-4-29-5-6-30-7-8-31-9-10-32-11-12-33-13-14-34-15-16-35-17-18-36-19-20-37-21-22-38-23-24-39-25-26-40-27-28(41)42/h29-40H,2-27H2,1H3,(H,41,42). The van der Waals surface area contributed by atoms with Crippen molar-refractivity contribution in [3.8, 4) is 0 Å². The summed E-state index contributed by atoms with van der Waals surface area (Å²) in [6, 6.07) is 0. The average molecular weight is 605 g/mol. The van der Waals surface area contributed by atoms with Gasteiger partial charge in [-0.3, -0.25) is 4.79 Å². The first kappa shape index (κ1) is 41.0. The van der Waals surface area contributed by atoms with Gasteiger partial charge in [-0.25, -0.2) is 0 Å². The molecule has 0 aliphatic carbocycles. The molecular weight excluding hydrogens is 536 g/mol. The van der Waals surface area contributed by atoms with Gasteiger partial charge in [0.15, 0.2) is 0 Å². The molecule has 0 aromatic heterocycles. The van der Waals surface area contributed by atoms with Crippen LogP contribution in [-0.2, 0) is 4.79 Å². The molecule has 252 valence electrons. The van der Waals surface area contributed by atoms with Gasteiger partial charge in [0.25, 0.3) is 0 Å². The third-order valence-corrected chi connectivity index (χ3v) is 6.25. The first-order chi connectivity index (χ1) is 20.8. The van der Waals surface area contributed by atoms with Crippen molar-refractivity contribution in [3.05, 3.63) is 0 Å². The second-order valence-corrected chi connectivity index (χ2v) is 10.2. The highest BCUT2D eigenvalue weighted by molar-refractivity contribution is 5.68. The minimum atomic E-state index is -0.821. The van der Waals surface area contributed by atoms with Crippen LogP contribution in [0.4, 0.5) is 0 Å². The van der Waals surface area contributed by atoms with Crippen molar-refractivity contribution in [2.24, 2.45) is 0 Å². The van der Waals surface area contributed by atoms with Crippen LogP contribution in [0.25, 0.3) is 0 Å². The van der Waals surface area contributed by atoms with Crippen LogP contribution >= 0.6 is 0 Å². The molecule has 0 heterocycles. The zero-order chi connectivity index (χ0) is 30.4. The van der Waals surface area contributed by atoms with Gasteiger partial charge >= 0.3 is 5.97 Å². The van der Waals surface area contributed by atoms with E-state index >= 15 is 0 Å². The molecule has 0 saturated heterocycles. The summed E-state index contributed by atoms with van der Waals surface area (Å²) in [6.45, 7) is 24.5. The molecule has 0 saturated carbocycles. The highest BCUT2D eigenvalue weighted by atomic mass is 16.4. The molecule has 0 atom stereocenters. The lowest BCUT2D eigenvalue weighted by Crippen LogP contribution is -2.39. The Morgan fingerprint density at radius 2 is 0.548 bits per heavy atom. The van der Waals surface area contributed by atoms with E-state index in [4.69, 9.17) is 5.11 Å². The number of hydrogen-bond donors (Lipinski definition) is 13. The van der Waals surface area contributed by atoms with Crippen molar-refractivity contribution in [1.29, 1.82) is 0 Å². The summed E-state index contributed by atoms with van der Waals surface area (Å²) in [5, 5.41) is 49.1. The molecule has 0 unspecified atom stereocenters. The number of hydrogen-bond acceptors (Lipinski definition) is 13. The van der Waals surface area contributed by atoms with Crippen LogP contribution in [0.5, 0.6) is 0 Å². The number of unbranched alkanes of at least 4 members (excludes halogenated alkanes) is 1. The molecular formula is C28H68N12O2. The van der Waals surface area contributed by atoms with Crippen LogP contribution < -0.4 is 63.8 Å². The lowest BCUT2D eigenvalue weighted by Gasteiger charge is -2.10. The number of rotatable bonds is 38. The highest BCUT2D eigenvalue weighted by Crippen LogP contribution is 1.80. The Labute approximate surface area is 256 Å². The van der Waals surface area contributed by atoms with Crippen molar-refractivity contribution in [2.75, 3.05) is 157 Å². The zero-order valence-corrected chi connectivity index (χ0v) is 26.7. The molecule has 42 heavy (non-hydrogen) atoms. The van der Waals surface area contributed by atoms with Crippen molar-refractivity contribution >= 4 is 5.97 Å². The molecule has 0 aliphatic heterocycles. The first-order valence-electron chi connectivity index (χ1n) is 16.5. The highest BCUT2D eigenvalue weighted by Gasteiger charge is 1.95. The summed E-state index contributed by atoms with van der Waals surface area (Å²) in [6.07, 6.45) is 2.52. The minimum absolute atomic E-state index is 0.0156. The van der Waals surface area contributed by atoms with Gasteiger partial charge in [-0.2, -0.15) is 0 Å². The summed E-state index contributed by atoms with van der Waals surface area (Å²) in [7, 11) is 0. The third kappa shape index (κ3) is 39.0. The molecule has 14 nitrogen and oxygen atoms in total. The molecule has 0 aromatic carbocycles. The van der Waals surface area contributed by atoms with Gasteiger partial charge in [-0.05, 0) is 13.0 Å². The minimum Gasteiger partial charge on any atom is -0.480 e. The van der Waals surface area contributed by atoms with Crippen LogP contribution in [0.3, 0.4) is 0 Å². The van der Waals surface area contributed by atoms with E-state index in [0.717, 1.165) is 144 Å². The Balaban J connectivity index is 3.03. The second-order valence-electron chi connectivity index (χ2n) is 10.2. The second kappa shape index (κ2) is 38.0. The Morgan fingerprint density at radius 1 is 0.357 bits per heavy atom. The van der Waals surface area contributed by atoms with Gasteiger partial charge in [-0.1, -0.05) is 13.3 Å². The van der Waals surface area contributed by atoms with Crippen LogP contribution in [0.2, 0.25) is 0 Å². The number of aliphatic carboxylic acids is 1. The van der Waals surface area contributed by atoms with Gasteiger partial charge < -0.3 is 68.9 Å². The molecule has 0 aromatic rings. The number of nitrogens with one attached hydrogen (secondary N) is 12. The first-order valence-corrected chi connectivity index (χ1v) is 16.5. The maximum absolute atomic E-state index is 10.4. The number of carboxylic acid groups (broad SMARTS) is 1. The molecule has 14 heteroatoms. The Hall–Kier alpha value is -1.01. The maximum atomic E-state index is 10.4. The lowest BCUT2D eigenvalue weighted by atomic mass is 10.3. The predicted molar refractivity (Wildman–Crippen MR) is 177 cm³/mol. The van der Waals surface area contributed by atoms with E-state index in [1.54, 1.807) is 0 Å². The van der Waals surface area contributed by atoms with E-state index in [2.05, 4.69) is 70.7 Å². The predicted octanol–water partition coefficient (Wildman–Crippen LogP) is -4.05. The van der Waals surface area contributed by atoms with E-state index in [-0.39, 0.29) is 6.54 Å². The molecule has 0 radical (unpaired) electrons. The van der Waals surface area contributed by atoms with Gasteiger partial charge in [0, 0.05) is 144 Å². The Morgan fingerprint density at radius 3 is 0.738 bits per heavy atom. The summed E-state index contributed by atoms with van der Waals surface area (Å²) < 4.78 is 0. The van der Waals surface area contributed by atoms with Crippen molar-refractivity contribution in [1.82, 2.24) is 63.8 Å². The van der Waals surface area contributed by atoms with Gasteiger partial charge in [0.1, 0.15) is 0 Å². The van der Waals surface area contributed by atoms with E-state index in [1.165, 1.54) is 12.8 Å². The molecule has 0 bridgehead atoms. The average Bonchev–Trinajstić information content (AvgIpc) is 2.98. The Kier molecular flexibility index (Phi) is 37.1. The summed E-state index contributed by atoms with van der Waals surface area (Å²) in [5.74, 6) is -0.821.